The lowest BCUT2D eigenvalue weighted by molar-refractivity contribution is -0.122. The van der Waals surface area contributed by atoms with Crippen molar-refractivity contribution in [1.82, 2.24) is 0 Å². The highest BCUT2D eigenvalue weighted by Gasteiger charge is 2.36. The van der Waals surface area contributed by atoms with E-state index in [1.165, 1.54) is 6.07 Å². The van der Waals surface area contributed by atoms with Crippen LogP contribution < -0.4 is 10.2 Å². The van der Waals surface area contributed by atoms with Crippen molar-refractivity contribution < 1.29 is 18.4 Å². The van der Waals surface area contributed by atoms with E-state index < -0.39 is 29.4 Å². The minimum atomic E-state index is -0.858. The molecule has 0 saturated carbocycles. The first-order valence-electron chi connectivity index (χ1n) is 7.37. The van der Waals surface area contributed by atoms with Crippen LogP contribution in [0.4, 0.5) is 20.2 Å². The fourth-order valence-electron chi connectivity index (χ4n) is 2.66. The first kappa shape index (κ1) is 17.6. The van der Waals surface area contributed by atoms with E-state index in [-0.39, 0.29) is 34.4 Å². The number of anilines is 2. The normalized spacial score (nSPS) is 17.0. The van der Waals surface area contributed by atoms with Gasteiger partial charge >= 0.3 is 0 Å². The number of para-hydroxylation sites is 1. The largest absolute Gasteiger partial charge is 0.323 e. The number of nitrogens with one attached hydrogen (secondary N) is 1. The van der Waals surface area contributed by atoms with Crippen LogP contribution in [0.2, 0.25) is 10.0 Å². The summed E-state index contributed by atoms with van der Waals surface area (Å²) in [6, 6.07) is 7.71. The molecule has 1 N–H and O–H groups in total. The van der Waals surface area contributed by atoms with Crippen LogP contribution in [0.5, 0.6) is 0 Å². The van der Waals surface area contributed by atoms with Crippen molar-refractivity contribution >= 4 is 46.4 Å². The lowest BCUT2D eigenvalue weighted by Gasteiger charge is -2.17. The minimum Gasteiger partial charge on any atom is -0.323 e. The first-order valence-corrected chi connectivity index (χ1v) is 8.12. The first-order chi connectivity index (χ1) is 11.9. The second-order valence-electron chi connectivity index (χ2n) is 5.59. The number of hydrogen-bond acceptors (Lipinski definition) is 2. The van der Waals surface area contributed by atoms with Crippen molar-refractivity contribution in [1.29, 1.82) is 0 Å². The molecule has 1 aliphatic rings. The Morgan fingerprint density at radius 1 is 1.16 bits per heavy atom. The number of carbonyl (C=O) groups excluding carboxylic acids is 2. The molecule has 8 heteroatoms. The van der Waals surface area contributed by atoms with Crippen molar-refractivity contribution in [2.24, 2.45) is 5.92 Å². The molecular weight excluding hydrogens is 373 g/mol. The molecule has 1 unspecified atom stereocenters. The van der Waals surface area contributed by atoms with E-state index in [4.69, 9.17) is 23.2 Å². The molecule has 3 rings (SSSR count). The second kappa shape index (κ2) is 6.98. The number of benzene rings is 2. The average Bonchev–Trinajstić information content (AvgIpc) is 2.93. The molecule has 4 nitrogen and oxygen atoms in total. The van der Waals surface area contributed by atoms with Crippen molar-refractivity contribution in [3.05, 3.63) is 58.1 Å². The van der Waals surface area contributed by atoms with Crippen molar-refractivity contribution in [2.75, 3.05) is 16.8 Å². The zero-order chi connectivity index (χ0) is 18.1. The van der Waals surface area contributed by atoms with Gasteiger partial charge in [-0.2, -0.15) is 0 Å². The highest BCUT2D eigenvalue weighted by Crippen LogP contribution is 2.32. The molecule has 0 spiro atoms. The molecule has 2 amide bonds. The van der Waals surface area contributed by atoms with E-state index in [9.17, 15) is 18.4 Å². The maximum atomic E-state index is 13.9. The summed E-state index contributed by atoms with van der Waals surface area (Å²) in [5.41, 5.74) is 0.201. The Kier molecular flexibility index (Phi) is 4.92. The minimum absolute atomic E-state index is 0.0186. The highest BCUT2D eigenvalue weighted by atomic mass is 35.5. The van der Waals surface area contributed by atoms with Crippen LogP contribution in [0.25, 0.3) is 0 Å². The van der Waals surface area contributed by atoms with E-state index in [2.05, 4.69) is 5.32 Å². The molecule has 2 aromatic rings. The van der Waals surface area contributed by atoms with Crippen molar-refractivity contribution in [2.45, 2.75) is 6.42 Å². The van der Waals surface area contributed by atoms with Crippen LogP contribution >= 0.6 is 23.2 Å². The lowest BCUT2D eigenvalue weighted by Crippen LogP contribution is -2.28. The monoisotopic (exact) mass is 384 g/mol. The number of nitrogens with zero attached hydrogens (tertiary/aromatic N) is 1. The third kappa shape index (κ3) is 3.60. The Labute approximate surface area is 152 Å². The number of amides is 2. The van der Waals surface area contributed by atoms with Gasteiger partial charge in [0.05, 0.1) is 27.3 Å². The van der Waals surface area contributed by atoms with E-state index in [0.717, 1.165) is 11.0 Å². The molecule has 0 aliphatic carbocycles. The summed E-state index contributed by atoms with van der Waals surface area (Å²) in [6.45, 7) is -0.0186. The number of hydrogen-bond donors (Lipinski definition) is 1. The lowest BCUT2D eigenvalue weighted by atomic mass is 10.1. The van der Waals surface area contributed by atoms with Gasteiger partial charge in [0.25, 0.3) is 0 Å². The number of rotatable bonds is 3. The Morgan fingerprint density at radius 2 is 1.84 bits per heavy atom. The van der Waals surface area contributed by atoms with E-state index in [0.29, 0.717) is 6.07 Å². The standard InChI is InChI=1S/C17H12Cl2F2N2O2/c18-11-2-1-3-12(19)16(11)22-17(25)9-6-15(24)23(8-9)14-5-4-10(20)7-13(14)21/h1-5,7,9H,6,8H2,(H,22,25). The molecular formula is C17H12Cl2F2N2O2. The molecule has 0 bridgehead atoms. The third-order valence-corrected chi connectivity index (χ3v) is 4.54. The van der Waals surface area contributed by atoms with Crippen LogP contribution in [-0.2, 0) is 9.59 Å². The molecule has 1 heterocycles. The van der Waals surface area contributed by atoms with Crippen molar-refractivity contribution in [3.63, 3.8) is 0 Å². The van der Waals surface area contributed by atoms with Gasteiger partial charge in [-0.25, -0.2) is 8.78 Å². The summed E-state index contributed by atoms with van der Waals surface area (Å²) < 4.78 is 26.9. The van der Waals surface area contributed by atoms with Gasteiger partial charge in [0.2, 0.25) is 11.8 Å². The summed E-state index contributed by atoms with van der Waals surface area (Å²) in [7, 11) is 0. The van der Waals surface area contributed by atoms with Gasteiger partial charge < -0.3 is 10.2 Å². The molecule has 25 heavy (non-hydrogen) atoms. The maximum Gasteiger partial charge on any atom is 0.229 e. The molecule has 1 saturated heterocycles. The molecule has 1 fully saturated rings. The zero-order valence-corrected chi connectivity index (χ0v) is 14.2. The topological polar surface area (TPSA) is 49.4 Å². The van der Waals surface area contributed by atoms with Crippen LogP contribution in [-0.4, -0.2) is 18.4 Å². The van der Waals surface area contributed by atoms with E-state index in [1.54, 1.807) is 18.2 Å². The molecule has 1 aliphatic heterocycles. The Morgan fingerprint density at radius 3 is 2.48 bits per heavy atom. The summed E-state index contributed by atoms with van der Waals surface area (Å²) >= 11 is 12.0. The van der Waals surface area contributed by atoms with Crippen LogP contribution in [0.3, 0.4) is 0 Å². The number of carbonyl (C=O) groups is 2. The average molecular weight is 385 g/mol. The Balaban J connectivity index is 1.77. The van der Waals surface area contributed by atoms with Gasteiger partial charge in [-0.15, -0.1) is 0 Å². The highest BCUT2D eigenvalue weighted by molar-refractivity contribution is 6.39. The Hall–Kier alpha value is -2.18. The number of halogens is 4. The van der Waals surface area contributed by atoms with Gasteiger partial charge in [-0.1, -0.05) is 29.3 Å². The third-order valence-electron chi connectivity index (χ3n) is 3.91. The molecule has 2 aromatic carbocycles. The fraction of sp³-hybridized carbons (Fsp3) is 0.176. The predicted molar refractivity (Wildman–Crippen MR) is 91.9 cm³/mol. The summed E-state index contributed by atoms with van der Waals surface area (Å²) in [4.78, 5) is 25.7. The zero-order valence-electron chi connectivity index (χ0n) is 12.7. The van der Waals surface area contributed by atoms with Gasteiger partial charge in [0, 0.05) is 19.0 Å². The van der Waals surface area contributed by atoms with Gasteiger partial charge in [0.15, 0.2) is 0 Å². The summed E-state index contributed by atoms with van der Waals surface area (Å²) in [5, 5.41) is 3.14. The molecule has 0 aromatic heterocycles. The van der Waals surface area contributed by atoms with Crippen molar-refractivity contribution in [3.8, 4) is 0 Å². The van der Waals surface area contributed by atoms with Crippen LogP contribution in [0.15, 0.2) is 36.4 Å². The quantitative estimate of drug-likeness (QED) is 0.858. The Bertz CT molecular complexity index is 840. The van der Waals surface area contributed by atoms with E-state index >= 15 is 0 Å². The second-order valence-corrected chi connectivity index (χ2v) is 6.40. The van der Waals surface area contributed by atoms with Gasteiger partial charge in [-0.3, -0.25) is 9.59 Å². The molecule has 1 atom stereocenters. The smallest absolute Gasteiger partial charge is 0.229 e. The van der Waals surface area contributed by atoms with E-state index in [1.807, 2.05) is 0 Å². The SMILES string of the molecule is O=C(Nc1c(Cl)cccc1Cl)C1CC(=O)N(c2ccc(F)cc2F)C1. The fourth-order valence-corrected chi connectivity index (χ4v) is 3.15. The summed E-state index contributed by atoms with van der Waals surface area (Å²) in [5.74, 6) is -3.17. The predicted octanol–water partition coefficient (Wildman–Crippen LogP) is 4.26. The van der Waals surface area contributed by atoms with Gasteiger partial charge in [-0.05, 0) is 24.3 Å². The maximum absolute atomic E-state index is 13.9. The van der Waals surface area contributed by atoms with Crippen LogP contribution in [0, 0.1) is 17.6 Å². The van der Waals surface area contributed by atoms with Gasteiger partial charge in [0.1, 0.15) is 11.6 Å². The molecule has 130 valence electrons. The molecule has 0 radical (unpaired) electrons. The van der Waals surface area contributed by atoms with Crippen LogP contribution in [0.1, 0.15) is 6.42 Å². The summed E-state index contributed by atoms with van der Waals surface area (Å²) in [6.07, 6.45) is -0.0925.